The van der Waals surface area contributed by atoms with Crippen molar-refractivity contribution in [2.45, 2.75) is 18.6 Å². The predicted molar refractivity (Wildman–Crippen MR) is 79.2 cm³/mol. The lowest BCUT2D eigenvalue weighted by Gasteiger charge is -2.14. The Morgan fingerprint density at radius 1 is 1.32 bits per heavy atom. The zero-order chi connectivity index (χ0) is 16.1. The molecule has 1 saturated heterocycles. The largest absolute Gasteiger partial charge is 0.490 e. The van der Waals surface area contributed by atoms with Crippen LogP contribution in [0.3, 0.4) is 0 Å². The van der Waals surface area contributed by atoms with Crippen LogP contribution in [-0.2, 0) is 9.59 Å². The zero-order valence-electron chi connectivity index (χ0n) is 11.8. The minimum Gasteiger partial charge on any atom is -0.490 e. The standard InChI is InChI=1S/C14H15NO6S/c1-2-20-10-7-8(12-13(18)15-14(19)22-12)3-4-9(10)21-6-5-11(16)17/h3-4,7,12H,2,5-6H2,1H3,(H,16,17)(H,15,18,19). The summed E-state index contributed by atoms with van der Waals surface area (Å²) in [5.74, 6) is -0.496. The summed E-state index contributed by atoms with van der Waals surface area (Å²) in [6.07, 6.45) is -0.122. The lowest BCUT2D eigenvalue weighted by atomic mass is 10.1. The molecule has 0 aliphatic carbocycles. The third-order valence-electron chi connectivity index (χ3n) is 2.83. The number of thioether (sulfide) groups is 1. The molecule has 1 aliphatic rings. The molecular weight excluding hydrogens is 310 g/mol. The maximum Gasteiger partial charge on any atom is 0.306 e. The number of carbonyl (C=O) groups excluding carboxylic acids is 2. The van der Waals surface area contributed by atoms with Crippen LogP contribution >= 0.6 is 11.8 Å². The van der Waals surface area contributed by atoms with Crippen LogP contribution in [0.5, 0.6) is 11.5 Å². The predicted octanol–water partition coefficient (Wildman–Crippen LogP) is 1.96. The fraction of sp³-hybridized carbons (Fsp3) is 0.357. The van der Waals surface area contributed by atoms with Gasteiger partial charge in [0.15, 0.2) is 11.5 Å². The van der Waals surface area contributed by atoms with Gasteiger partial charge in [-0.05, 0) is 36.4 Å². The monoisotopic (exact) mass is 325 g/mol. The highest BCUT2D eigenvalue weighted by atomic mass is 32.2. The first-order valence-corrected chi connectivity index (χ1v) is 7.52. The smallest absolute Gasteiger partial charge is 0.306 e. The second-order valence-corrected chi connectivity index (χ2v) is 5.48. The van der Waals surface area contributed by atoms with E-state index < -0.39 is 11.2 Å². The molecule has 7 nitrogen and oxygen atoms in total. The fourth-order valence-corrected chi connectivity index (χ4v) is 2.72. The normalized spacial score (nSPS) is 17.2. The van der Waals surface area contributed by atoms with Gasteiger partial charge >= 0.3 is 5.97 Å². The minimum atomic E-state index is -0.952. The van der Waals surface area contributed by atoms with Crippen LogP contribution in [0.15, 0.2) is 18.2 Å². The van der Waals surface area contributed by atoms with Crippen molar-refractivity contribution in [1.82, 2.24) is 5.32 Å². The number of hydrogen-bond donors (Lipinski definition) is 2. The molecule has 2 N–H and O–H groups in total. The summed E-state index contributed by atoms with van der Waals surface area (Å²) in [6, 6.07) is 4.91. The maximum atomic E-state index is 11.7. The SMILES string of the molecule is CCOc1cc(C2SC(=O)NC2=O)ccc1OCCC(=O)O. The van der Waals surface area contributed by atoms with E-state index >= 15 is 0 Å². The van der Waals surface area contributed by atoms with Crippen LogP contribution in [0.2, 0.25) is 0 Å². The molecule has 0 radical (unpaired) electrons. The number of imide groups is 1. The van der Waals surface area contributed by atoms with Crippen molar-refractivity contribution in [2.24, 2.45) is 0 Å². The molecule has 0 spiro atoms. The van der Waals surface area contributed by atoms with Gasteiger partial charge < -0.3 is 14.6 Å². The molecule has 2 amide bonds. The molecule has 1 atom stereocenters. The van der Waals surface area contributed by atoms with Gasteiger partial charge in [0.2, 0.25) is 5.91 Å². The number of nitrogens with one attached hydrogen (secondary N) is 1. The van der Waals surface area contributed by atoms with E-state index in [1.54, 1.807) is 25.1 Å². The maximum absolute atomic E-state index is 11.7. The third-order valence-corrected chi connectivity index (χ3v) is 3.87. The van der Waals surface area contributed by atoms with Crippen LogP contribution in [0.1, 0.15) is 24.2 Å². The van der Waals surface area contributed by atoms with Gasteiger partial charge in [0.25, 0.3) is 5.24 Å². The first-order chi connectivity index (χ1) is 10.5. The Balaban J connectivity index is 2.17. The minimum absolute atomic E-state index is 0.0197. The molecule has 0 saturated carbocycles. The average Bonchev–Trinajstić information content (AvgIpc) is 2.79. The van der Waals surface area contributed by atoms with Crippen LogP contribution in [-0.4, -0.2) is 35.4 Å². The molecule has 1 heterocycles. The number of carboxylic acids is 1. The molecule has 8 heteroatoms. The quantitative estimate of drug-likeness (QED) is 0.790. The van der Waals surface area contributed by atoms with Crippen LogP contribution in [0.25, 0.3) is 0 Å². The second-order valence-electron chi connectivity index (χ2n) is 4.41. The Bertz CT molecular complexity index is 603. The van der Waals surface area contributed by atoms with E-state index in [1.165, 1.54) is 0 Å². The van der Waals surface area contributed by atoms with E-state index in [1.807, 2.05) is 0 Å². The molecule has 0 aromatic heterocycles. The van der Waals surface area contributed by atoms with Gasteiger partial charge in [-0.3, -0.25) is 19.7 Å². The molecule has 1 aromatic rings. The van der Waals surface area contributed by atoms with Crippen LogP contribution < -0.4 is 14.8 Å². The van der Waals surface area contributed by atoms with Crippen LogP contribution in [0.4, 0.5) is 4.79 Å². The number of rotatable bonds is 7. The van der Waals surface area contributed by atoms with Gasteiger partial charge in [-0.15, -0.1) is 0 Å². The van der Waals surface area contributed by atoms with Gasteiger partial charge in [-0.25, -0.2) is 0 Å². The summed E-state index contributed by atoms with van der Waals surface area (Å²) in [5.41, 5.74) is 0.627. The topological polar surface area (TPSA) is 102 Å². The average molecular weight is 325 g/mol. The Kier molecular flexibility index (Phi) is 5.26. The van der Waals surface area contributed by atoms with E-state index in [9.17, 15) is 14.4 Å². The van der Waals surface area contributed by atoms with Gasteiger partial charge in [0.05, 0.1) is 19.6 Å². The first-order valence-electron chi connectivity index (χ1n) is 6.64. The molecular formula is C14H15NO6S. The molecule has 22 heavy (non-hydrogen) atoms. The van der Waals surface area contributed by atoms with E-state index in [0.717, 1.165) is 11.8 Å². The third kappa shape index (κ3) is 3.91. The molecule has 1 aliphatic heterocycles. The number of aliphatic carboxylic acids is 1. The Hall–Kier alpha value is -2.22. The highest BCUT2D eigenvalue weighted by Gasteiger charge is 2.33. The molecule has 2 rings (SSSR count). The zero-order valence-corrected chi connectivity index (χ0v) is 12.6. The Labute approximate surface area is 131 Å². The number of hydrogen-bond acceptors (Lipinski definition) is 6. The fourth-order valence-electron chi connectivity index (χ4n) is 1.90. The summed E-state index contributed by atoms with van der Waals surface area (Å²) in [4.78, 5) is 33.4. The van der Waals surface area contributed by atoms with E-state index in [2.05, 4.69) is 5.32 Å². The molecule has 1 aromatic carbocycles. The number of amides is 2. The number of carbonyl (C=O) groups is 3. The van der Waals surface area contributed by atoms with E-state index in [-0.39, 0.29) is 24.2 Å². The molecule has 1 fully saturated rings. The molecule has 0 bridgehead atoms. The number of carboxylic acid groups (broad SMARTS) is 1. The number of benzene rings is 1. The van der Waals surface area contributed by atoms with Gasteiger partial charge in [0, 0.05) is 0 Å². The second kappa shape index (κ2) is 7.17. The number of ether oxygens (including phenoxy) is 2. The highest BCUT2D eigenvalue weighted by molar-refractivity contribution is 8.15. The van der Waals surface area contributed by atoms with Gasteiger partial charge in [0.1, 0.15) is 5.25 Å². The van der Waals surface area contributed by atoms with Crippen molar-refractivity contribution in [3.8, 4) is 11.5 Å². The summed E-state index contributed by atoms with van der Waals surface area (Å²) >= 11 is 0.908. The summed E-state index contributed by atoms with van der Waals surface area (Å²) in [5, 5.41) is 9.85. The van der Waals surface area contributed by atoms with Crippen molar-refractivity contribution in [1.29, 1.82) is 0 Å². The van der Waals surface area contributed by atoms with Gasteiger partial charge in [-0.2, -0.15) is 0 Å². The lowest BCUT2D eigenvalue weighted by Crippen LogP contribution is -2.20. The summed E-state index contributed by atoms with van der Waals surface area (Å²) in [6.45, 7) is 2.21. The summed E-state index contributed by atoms with van der Waals surface area (Å²) in [7, 11) is 0. The van der Waals surface area contributed by atoms with E-state index in [0.29, 0.717) is 23.7 Å². The van der Waals surface area contributed by atoms with E-state index in [4.69, 9.17) is 14.6 Å². The highest BCUT2D eigenvalue weighted by Crippen LogP contribution is 2.38. The van der Waals surface area contributed by atoms with Gasteiger partial charge in [-0.1, -0.05) is 6.07 Å². The van der Waals surface area contributed by atoms with Crippen molar-refractivity contribution >= 4 is 28.9 Å². The summed E-state index contributed by atoms with van der Waals surface area (Å²) < 4.78 is 10.8. The van der Waals surface area contributed by atoms with Crippen LogP contribution in [0, 0.1) is 0 Å². The Morgan fingerprint density at radius 3 is 2.68 bits per heavy atom. The van der Waals surface area contributed by atoms with Crippen molar-refractivity contribution < 1.29 is 29.0 Å². The Morgan fingerprint density at radius 2 is 2.09 bits per heavy atom. The van der Waals surface area contributed by atoms with Crippen molar-refractivity contribution in [3.63, 3.8) is 0 Å². The van der Waals surface area contributed by atoms with Crippen molar-refractivity contribution in [3.05, 3.63) is 23.8 Å². The molecule has 1 unspecified atom stereocenters. The van der Waals surface area contributed by atoms with Crippen molar-refractivity contribution in [2.75, 3.05) is 13.2 Å². The first kappa shape index (κ1) is 16.2. The lowest BCUT2D eigenvalue weighted by molar-refractivity contribution is -0.137. The molecule has 118 valence electrons.